The number of halogens is 1. The number of hydrogen-bond acceptors (Lipinski definition) is 9. The Bertz CT molecular complexity index is 1650. The first kappa shape index (κ1) is 25.4. The number of hydrogen-bond donors (Lipinski definition) is 2. The zero-order valence-electron chi connectivity index (χ0n) is 21.1. The molecule has 0 saturated carbocycles. The zero-order valence-corrected chi connectivity index (χ0v) is 22.6. The molecule has 0 radical (unpaired) electrons. The normalized spacial score (nSPS) is 16.9. The SMILES string of the molecule is COc1cnc(C(=O)Nc2ccc3c(c2)[C@@]2(CCOC(NC(=O)c4ccccc4)=N2)c2cc(Br)cnc2O3)cn1. The maximum Gasteiger partial charge on any atom is 0.292 e. The van der Waals surface area contributed by atoms with Crippen molar-refractivity contribution in [3.05, 3.63) is 100 Å². The first-order chi connectivity index (χ1) is 19.4. The van der Waals surface area contributed by atoms with Gasteiger partial charge < -0.3 is 19.5 Å². The molecule has 200 valence electrons. The monoisotopic (exact) mass is 600 g/mol. The van der Waals surface area contributed by atoms with Crippen molar-refractivity contribution in [1.82, 2.24) is 20.3 Å². The van der Waals surface area contributed by atoms with Gasteiger partial charge in [0, 0.05) is 39.5 Å². The topological polar surface area (TPSA) is 137 Å². The number of ether oxygens (including phenoxy) is 3. The second kappa shape index (κ2) is 10.4. The van der Waals surface area contributed by atoms with Gasteiger partial charge in [0.05, 0.1) is 26.1 Å². The molecule has 2 aliphatic rings. The molecule has 2 N–H and O–H groups in total. The van der Waals surface area contributed by atoms with Crippen LogP contribution < -0.4 is 20.1 Å². The van der Waals surface area contributed by atoms with Gasteiger partial charge in [-0.15, -0.1) is 0 Å². The maximum atomic E-state index is 12.9. The summed E-state index contributed by atoms with van der Waals surface area (Å²) in [5.41, 5.74) is 1.43. The molecule has 1 atom stereocenters. The van der Waals surface area contributed by atoms with Gasteiger partial charge in [-0.25, -0.2) is 19.9 Å². The number of aliphatic imine (C=N–C) groups is 1. The van der Waals surface area contributed by atoms with Gasteiger partial charge in [0.15, 0.2) is 0 Å². The van der Waals surface area contributed by atoms with Gasteiger partial charge in [0.25, 0.3) is 17.8 Å². The van der Waals surface area contributed by atoms with Crippen LogP contribution in [-0.2, 0) is 10.3 Å². The van der Waals surface area contributed by atoms with Crippen molar-refractivity contribution in [2.24, 2.45) is 4.99 Å². The first-order valence-electron chi connectivity index (χ1n) is 12.2. The molecule has 4 heterocycles. The number of rotatable bonds is 4. The number of methoxy groups -OCH3 is 1. The van der Waals surface area contributed by atoms with E-state index < -0.39 is 11.4 Å². The number of anilines is 1. The highest BCUT2D eigenvalue weighted by atomic mass is 79.9. The van der Waals surface area contributed by atoms with E-state index in [1.807, 2.05) is 12.1 Å². The Morgan fingerprint density at radius 2 is 1.80 bits per heavy atom. The lowest BCUT2D eigenvalue weighted by Gasteiger charge is -2.39. The lowest BCUT2D eigenvalue weighted by atomic mass is 9.78. The van der Waals surface area contributed by atoms with Crippen LogP contribution in [0.25, 0.3) is 0 Å². The van der Waals surface area contributed by atoms with Crippen LogP contribution in [0.2, 0.25) is 0 Å². The van der Waals surface area contributed by atoms with Crippen molar-refractivity contribution < 1.29 is 23.8 Å². The van der Waals surface area contributed by atoms with E-state index in [4.69, 9.17) is 19.2 Å². The Labute approximate surface area is 236 Å². The Balaban J connectivity index is 1.39. The number of pyridine rings is 1. The zero-order chi connectivity index (χ0) is 27.7. The van der Waals surface area contributed by atoms with E-state index in [1.165, 1.54) is 19.5 Å². The fraction of sp³-hybridized carbons (Fsp3) is 0.143. The van der Waals surface area contributed by atoms with Gasteiger partial charge in [-0.1, -0.05) is 18.2 Å². The molecule has 0 saturated heterocycles. The van der Waals surface area contributed by atoms with Crippen LogP contribution in [0.5, 0.6) is 17.5 Å². The number of amides is 2. The molecule has 6 rings (SSSR count). The molecular formula is C28H21BrN6O5. The van der Waals surface area contributed by atoms with Gasteiger partial charge in [0.2, 0.25) is 11.8 Å². The second-order valence-corrected chi connectivity index (χ2v) is 9.83. The summed E-state index contributed by atoms with van der Waals surface area (Å²) < 4.78 is 17.7. The van der Waals surface area contributed by atoms with Crippen LogP contribution in [0.1, 0.15) is 38.4 Å². The predicted octanol–water partition coefficient (Wildman–Crippen LogP) is 4.45. The molecule has 0 fully saturated rings. The number of fused-ring (bicyclic) bond motifs is 4. The summed E-state index contributed by atoms with van der Waals surface area (Å²) in [4.78, 5) is 43.3. The fourth-order valence-electron chi connectivity index (χ4n) is 4.58. The van der Waals surface area contributed by atoms with E-state index in [0.29, 0.717) is 46.3 Å². The number of benzene rings is 2. The molecule has 11 nitrogen and oxygen atoms in total. The van der Waals surface area contributed by atoms with Gasteiger partial charge in [-0.3, -0.25) is 14.9 Å². The molecule has 2 amide bonds. The lowest BCUT2D eigenvalue weighted by molar-refractivity contribution is 0.0957. The van der Waals surface area contributed by atoms with Crippen LogP contribution in [0.4, 0.5) is 5.69 Å². The predicted molar refractivity (Wildman–Crippen MR) is 148 cm³/mol. The fourth-order valence-corrected chi connectivity index (χ4v) is 4.91. The van der Waals surface area contributed by atoms with Crippen LogP contribution in [0.3, 0.4) is 0 Å². The standard InChI is InChI=1S/C28H21BrN6O5/c1-38-23-15-30-21(14-31-23)25(37)33-18-7-8-22-19(12-18)28(20-11-17(29)13-32-26(20)40-22)9-10-39-27(35-28)34-24(36)16-5-3-2-4-6-16/h2-8,11-15H,9-10H2,1H3,(H,33,37)(H,34,35,36)/t28-/m0/s1. The van der Waals surface area contributed by atoms with Crippen molar-refractivity contribution in [3.8, 4) is 17.5 Å². The molecule has 12 heteroatoms. The molecule has 2 aromatic heterocycles. The average molecular weight is 601 g/mol. The minimum Gasteiger partial charge on any atom is -0.480 e. The Morgan fingerprint density at radius 3 is 2.58 bits per heavy atom. The Hall–Kier alpha value is -4.84. The lowest BCUT2D eigenvalue weighted by Crippen LogP contribution is -2.42. The van der Waals surface area contributed by atoms with Crippen LogP contribution in [0.15, 0.2) is 82.7 Å². The van der Waals surface area contributed by atoms with Gasteiger partial charge in [0.1, 0.15) is 17.0 Å². The molecular weight excluding hydrogens is 580 g/mol. The summed E-state index contributed by atoms with van der Waals surface area (Å²) >= 11 is 3.50. The summed E-state index contributed by atoms with van der Waals surface area (Å²) in [6.45, 7) is 0.261. The molecule has 1 spiro atoms. The number of carbonyl (C=O) groups is 2. The van der Waals surface area contributed by atoms with Crippen molar-refractivity contribution in [1.29, 1.82) is 0 Å². The summed E-state index contributed by atoms with van der Waals surface area (Å²) in [6, 6.07) is 16.0. The largest absolute Gasteiger partial charge is 0.480 e. The minimum atomic E-state index is -1.02. The third-order valence-electron chi connectivity index (χ3n) is 6.47. The Kier molecular flexibility index (Phi) is 6.60. The van der Waals surface area contributed by atoms with Crippen molar-refractivity contribution >= 4 is 39.5 Å². The molecule has 0 aliphatic carbocycles. The number of nitrogens with one attached hydrogen (secondary N) is 2. The molecule has 2 aromatic carbocycles. The summed E-state index contributed by atoms with van der Waals surface area (Å²) in [7, 11) is 1.47. The molecule has 2 aliphatic heterocycles. The second-order valence-electron chi connectivity index (χ2n) is 8.91. The molecule has 40 heavy (non-hydrogen) atoms. The summed E-state index contributed by atoms with van der Waals surface area (Å²) in [5.74, 6) is 0.412. The highest BCUT2D eigenvalue weighted by Gasteiger charge is 2.46. The van der Waals surface area contributed by atoms with Crippen LogP contribution in [0, 0.1) is 0 Å². The minimum absolute atomic E-state index is 0.0711. The number of carbonyl (C=O) groups excluding carboxylic acids is 2. The molecule has 0 unspecified atom stereocenters. The van der Waals surface area contributed by atoms with E-state index >= 15 is 0 Å². The Morgan fingerprint density at radius 1 is 0.950 bits per heavy atom. The smallest absolute Gasteiger partial charge is 0.292 e. The first-order valence-corrected chi connectivity index (χ1v) is 13.0. The third-order valence-corrected chi connectivity index (χ3v) is 6.91. The van der Waals surface area contributed by atoms with Crippen molar-refractivity contribution in [2.75, 3.05) is 19.0 Å². The van der Waals surface area contributed by atoms with Gasteiger partial charge in [-0.2, -0.15) is 0 Å². The van der Waals surface area contributed by atoms with E-state index in [9.17, 15) is 9.59 Å². The number of nitrogens with zero attached hydrogens (tertiary/aromatic N) is 4. The third kappa shape index (κ3) is 4.73. The quantitative estimate of drug-likeness (QED) is 0.350. The summed E-state index contributed by atoms with van der Waals surface area (Å²) in [5, 5.41) is 5.64. The van der Waals surface area contributed by atoms with E-state index in [0.717, 1.165) is 4.47 Å². The van der Waals surface area contributed by atoms with E-state index in [-0.39, 0.29) is 24.2 Å². The van der Waals surface area contributed by atoms with E-state index in [1.54, 1.807) is 48.7 Å². The number of aromatic nitrogens is 3. The van der Waals surface area contributed by atoms with E-state index in [2.05, 4.69) is 41.5 Å². The molecule has 4 aromatic rings. The maximum absolute atomic E-state index is 12.9. The van der Waals surface area contributed by atoms with Gasteiger partial charge in [-0.05, 0) is 52.3 Å². The average Bonchev–Trinajstić information content (AvgIpc) is 2.99. The summed E-state index contributed by atoms with van der Waals surface area (Å²) in [6.07, 6.45) is 4.78. The van der Waals surface area contributed by atoms with Gasteiger partial charge >= 0.3 is 0 Å². The number of amidine groups is 1. The van der Waals surface area contributed by atoms with Crippen LogP contribution >= 0.6 is 15.9 Å². The van der Waals surface area contributed by atoms with Crippen molar-refractivity contribution in [3.63, 3.8) is 0 Å². The highest BCUT2D eigenvalue weighted by Crippen LogP contribution is 2.52. The van der Waals surface area contributed by atoms with Crippen molar-refractivity contribution in [2.45, 2.75) is 12.0 Å². The molecule has 0 bridgehead atoms. The highest BCUT2D eigenvalue weighted by molar-refractivity contribution is 9.10. The van der Waals surface area contributed by atoms with Crippen LogP contribution in [-0.4, -0.2) is 46.5 Å².